The van der Waals surface area contributed by atoms with Crippen molar-refractivity contribution in [2.45, 2.75) is 69.9 Å². The Hall–Kier alpha value is -4.15. The molecule has 4 rings (SSSR count). The summed E-state index contributed by atoms with van der Waals surface area (Å²) in [6, 6.07) is 7.13. The van der Waals surface area contributed by atoms with Crippen molar-refractivity contribution in [3.8, 4) is 5.75 Å². The van der Waals surface area contributed by atoms with Gasteiger partial charge in [0.2, 0.25) is 11.8 Å². The number of carbonyl (C=O) groups excluding carboxylic acids is 3. The van der Waals surface area contributed by atoms with Crippen LogP contribution in [0.1, 0.15) is 40.5 Å². The molecule has 1 unspecified atom stereocenters. The molecular formula is C28H34N4O7. The lowest BCUT2D eigenvalue weighted by Crippen LogP contribution is -2.56. The first kappa shape index (κ1) is 27.9. The molecule has 11 heteroatoms. The smallest absolute Gasteiger partial charge is 0.408 e. The summed E-state index contributed by atoms with van der Waals surface area (Å²) in [4.78, 5) is 56.8. The van der Waals surface area contributed by atoms with Crippen molar-refractivity contribution in [2.24, 2.45) is 5.92 Å². The largest absolute Gasteiger partial charge is 0.488 e. The summed E-state index contributed by atoms with van der Waals surface area (Å²) in [7, 11) is 0. The second kappa shape index (κ2) is 10.5. The van der Waals surface area contributed by atoms with Crippen LogP contribution in [0.4, 0.5) is 4.79 Å². The van der Waals surface area contributed by atoms with Gasteiger partial charge in [0.05, 0.1) is 12.1 Å². The first-order valence-electron chi connectivity index (χ1n) is 12.8. The number of nitrogens with one attached hydrogen (secondary N) is 2. The number of nitrogens with zero attached hydrogens (tertiary/aromatic N) is 2. The molecule has 39 heavy (non-hydrogen) atoms. The van der Waals surface area contributed by atoms with Crippen molar-refractivity contribution >= 4 is 34.8 Å². The average Bonchev–Trinajstić information content (AvgIpc) is 3.42. The normalized spacial score (nSPS) is 24.9. The van der Waals surface area contributed by atoms with Crippen LogP contribution in [0.3, 0.4) is 0 Å². The number of ether oxygens (including phenoxy) is 2. The Kier molecular flexibility index (Phi) is 7.54. The zero-order chi connectivity index (χ0) is 28.5. The molecule has 5 atom stereocenters. The molecule has 208 valence electrons. The van der Waals surface area contributed by atoms with Crippen molar-refractivity contribution in [3.05, 3.63) is 49.2 Å². The van der Waals surface area contributed by atoms with Gasteiger partial charge in [0.25, 0.3) is 0 Å². The van der Waals surface area contributed by atoms with Crippen LogP contribution in [0.15, 0.2) is 49.2 Å². The van der Waals surface area contributed by atoms with Gasteiger partial charge in [-0.15, -0.1) is 6.58 Å². The number of amides is 3. The maximum absolute atomic E-state index is 13.5. The summed E-state index contributed by atoms with van der Waals surface area (Å²) in [6.45, 7) is 10.3. The predicted molar refractivity (Wildman–Crippen MR) is 142 cm³/mol. The maximum atomic E-state index is 13.5. The van der Waals surface area contributed by atoms with Gasteiger partial charge < -0.3 is 30.1 Å². The number of carboxylic acid groups (broad SMARTS) is 1. The summed E-state index contributed by atoms with van der Waals surface area (Å²) >= 11 is 0. The third-order valence-electron chi connectivity index (χ3n) is 6.88. The number of likely N-dealkylation sites (tertiary alicyclic amines) is 1. The first-order valence-corrected chi connectivity index (χ1v) is 12.8. The molecule has 11 nitrogen and oxygen atoms in total. The van der Waals surface area contributed by atoms with Gasteiger partial charge >= 0.3 is 12.1 Å². The van der Waals surface area contributed by atoms with Gasteiger partial charge in [-0.2, -0.15) is 0 Å². The van der Waals surface area contributed by atoms with Gasteiger partial charge in [0, 0.05) is 23.9 Å². The van der Waals surface area contributed by atoms with Crippen LogP contribution in [-0.2, 0) is 19.1 Å². The highest BCUT2D eigenvalue weighted by atomic mass is 16.6. The van der Waals surface area contributed by atoms with Crippen LogP contribution >= 0.6 is 0 Å². The Morgan fingerprint density at radius 3 is 2.59 bits per heavy atom. The number of aliphatic carboxylic acids is 1. The summed E-state index contributed by atoms with van der Waals surface area (Å²) in [5.74, 6) is -2.15. The Balaban J connectivity index is 1.55. The van der Waals surface area contributed by atoms with Gasteiger partial charge in [0.1, 0.15) is 35.1 Å². The van der Waals surface area contributed by atoms with E-state index in [1.54, 1.807) is 33.0 Å². The molecule has 1 saturated carbocycles. The molecule has 3 amide bonds. The lowest BCUT2D eigenvalue weighted by atomic mass is 10.1. The number of carboxylic acids is 1. The van der Waals surface area contributed by atoms with E-state index in [1.807, 2.05) is 24.3 Å². The predicted octanol–water partition coefficient (Wildman–Crippen LogP) is 2.64. The quantitative estimate of drug-likeness (QED) is 0.435. The van der Waals surface area contributed by atoms with Crippen LogP contribution in [0, 0.1) is 5.92 Å². The average molecular weight is 539 g/mol. The Labute approximate surface area is 226 Å². The molecular weight excluding hydrogens is 504 g/mol. The fourth-order valence-corrected chi connectivity index (χ4v) is 4.84. The van der Waals surface area contributed by atoms with E-state index in [2.05, 4.69) is 22.2 Å². The first-order chi connectivity index (χ1) is 18.3. The number of fused-ring (bicyclic) bond motifs is 1. The minimum atomic E-state index is -1.45. The molecule has 0 spiro atoms. The standard InChI is InChI=1S/C28H34N4O7/c1-6-17-14-28(17,25(35)36)31-23(33)21-13-18(38-22-11-12-29-20-10-8-7-9-19(20)22)15-32(21)24(34)16(2)30-26(37)39-27(3,4)5/h6-12,16-18,21H,1,13-15H2,2-5H3,(H,30,37)(H,31,33)(H,35,36)/t16-,17-,18+,21?,28+/m0/s1. The molecule has 2 aromatic rings. The van der Waals surface area contributed by atoms with E-state index in [0.717, 1.165) is 10.9 Å². The minimum Gasteiger partial charge on any atom is -0.488 e. The molecule has 1 aromatic heterocycles. The van der Waals surface area contributed by atoms with Crippen LogP contribution in [0.5, 0.6) is 5.75 Å². The van der Waals surface area contributed by atoms with E-state index in [-0.39, 0.29) is 19.4 Å². The number of para-hydroxylation sites is 1. The molecule has 1 aromatic carbocycles. The third-order valence-corrected chi connectivity index (χ3v) is 6.88. The molecule has 2 fully saturated rings. The highest BCUT2D eigenvalue weighted by Crippen LogP contribution is 2.45. The van der Waals surface area contributed by atoms with E-state index in [9.17, 15) is 24.3 Å². The lowest BCUT2D eigenvalue weighted by Gasteiger charge is -2.28. The second-order valence-corrected chi connectivity index (χ2v) is 11.0. The van der Waals surface area contributed by atoms with Crippen molar-refractivity contribution in [1.82, 2.24) is 20.5 Å². The number of alkyl carbamates (subject to hydrolysis) is 1. The van der Waals surface area contributed by atoms with E-state index < -0.39 is 59.1 Å². The van der Waals surface area contributed by atoms with Crippen LogP contribution in [0.25, 0.3) is 10.9 Å². The van der Waals surface area contributed by atoms with Crippen LogP contribution in [-0.4, -0.2) is 74.7 Å². The molecule has 1 saturated heterocycles. The van der Waals surface area contributed by atoms with Crippen molar-refractivity contribution in [1.29, 1.82) is 0 Å². The topological polar surface area (TPSA) is 147 Å². The van der Waals surface area contributed by atoms with Gasteiger partial charge in [-0.1, -0.05) is 18.2 Å². The molecule has 0 radical (unpaired) electrons. The molecule has 2 aliphatic rings. The molecule has 1 aliphatic carbocycles. The van der Waals surface area contributed by atoms with E-state index >= 15 is 0 Å². The number of rotatable bonds is 8. The lowest BCUT2D eigenvalue weighted by molar-refractivity contribution is -0.145. The number of carbonyl (C=O) groups is 4. The second-order valence-electron chi connectivity index (χ2n) is 11.0. The van der Waals surface area contributed by atoms with Crippen molar-refractivity contribution in [3.63, 3.8) is 0 Å². The highest BCUT2D eigenvalue weighted by molar-refractivity contribution is 5.96. The summed E-state index contributed by atoms with van der Waals surface area (Å²) < 4.78 is 11.5. The fourth-order valence-electron chi connectivity index (χ4n) is 4.84. The van der Waals surface area contributed by atoms with Gasteiger partial charge in [0.15, 0.2) is 0 Å². The Bertz CT molecular complexity index is 1300. The van der Waals surface area contributed by atoms with Crippen LogP contribution in [0.2, 0.25) is 0 Å². The van der Waals surface area contributed by atoms with Crippen molar-refractivity contribution in [2.75, 3.05) is 6.54 Å². The monoisotopic (exact) mass is 538 g/mol. The molecule has 1 aliphatic heterocycles. The minimum absolute atomic E-state index is 0.0544. The van der Waals surface area contributed by atoms with E-state index in [0.29, 0.717) is 5.75 Å². The van der Waals surface area contributed by atoms with E-state index in [1.165, 1.54) is 17.9 Å². The SMILES string of the molecule is C=C[C@H]1C[C@]1(NC(=O)C1C[C@@H](Oc2ccnc3ccccc23)CN1C(=O)[C@H](C)NC(=O)OC(C)(C)C)C(=O)O. The Morgan fingerprint density at radius 2 is 1.95 bits per heavy atom. The summed E-state index contributed by atoms with van der Waals surface area (Å²) in [5, 5.41) is 15.7. The molecule has 0 bridgehead atoms. The number of pyridine rings is 1. The number of aromatic nitrogens is 1. The van der Waals surface area contributed by atoms with Crippen molar-refractivity contribution < 1.29 is 33.8 Å². The highest BCUT2D eigenvalue weighted by Gasteiger charge is 2.61. The third kappa shape index (κ3) is 5.97. The van der Waals surface area contributed by atoms with E-state index in [4.69, 9.17) is 9.47 Å². The maximum Gasteiger partial charge on any atom is 0.408 e. The van der Waals surface area contributed by atoms with Gasteiger partial charge in [-0.25, -0.2) is 9.59 Å². The van der Waals surface area contributed by atoms with Gasteiger partial charge in [-0.3, -0.25) is 14.6 Å². The zero-order valence-corrected chi connectivity index (χ0v) is 22.5. The summed E-state index contributed by atoms with van der Waals surface area (Å²) in [5.41, 5.74) is -1.47. The van der Waals surface area contributed by atoms with Crippen LogP contribution < -0.4 is 15.4 Å². The Morgan fingerprint density at radius 1 is 1.23 bits per heavy atom. The molecule has 3 N–H and O–H groups in total. The number of hydrogen-bond acceptors (Lipinski definition) is 7. The fraction of sp³-hybridized carbons (Fsp3) is 0.464. The number of hydrogen-bond donors (Lipinski definition) is 3. The molecule has 2 heterocycles. The number of benzene rings is 1. The zero-order valence-electron chi connectivity index (χ0n) is 22.5. The van der Waals surface area contributed by atoms with Gasteiger partial charge in [-0.05, 0) is 52.3 Å². The summed E-state index contributed by atoms with van der Waals surface area (Å²) in [6.07, 6.45) is 2.13.